The summed E-state index contributed by atoms with van der Waals surface area (Å²) in [4.78, 5) is 26.8. The van der Waals surface area contributed by atoms with Gasteiger partial charge in [-0.15, -0.1) is 0 Å². The van der Waals surface area contributed by atoms with Crippen LogP contribution in [-0.2, 0) is 12.8 Å². The molecule has 1 heterocycles. The third-order valence-electron chi connectivity index (χ3n) is 6.04. The van der Waals surface area contributed by atoms with E-state index in [1.807, 2.05) is 66.7 Å². The monoisotopic (exact) mass is 558 g/mol. The van der Waals surface area contributed by atoms with Gasteiger partial charge in [-0.3, -0.25) is 14.6 Å². The van der Waals surface area contributed by atoms with Crippen molar-refractivity contribution in [2.45, 2.75) is 12.8 Å². The lowest BCUT2D eigenvalue weighted by molar-refractivity contribution is 0.0954. The normalized spacial score (nSPS) is 11.0. The molecule has 5 nitrogen and oxygen atoms in total. The summed E-state index contributed by atoms with van der Waals surface area (Å²) in [6, 6.07) is 28.1. The molecule has 0 aliphatic carbocycles. The molecule has 5 aromatic rings. The van der Waals surface area contributed by atoms with Crippen molar-refractivity contribution in [1.82, 2.24) is 10.3 Å². The molecular formula is C29H23BrN2O3S. The first-order valence-corrected chi connectivity index (χ1v) is 13.1. The number of thiazole rings is 1. The number of rotatable bonds is 7. The molecule has 1 amide bonds. The minimum atomic E-state index is -0.252. The summed E-state index contributed by atoms with van der Waals surface area (Å²) < 4.78 is 1.02. The number of halogens is 1. The fraction of sp³-hybridized carbons (Fsp3) is 0.103. The molecule has 0 fully saturated rings. The van der Waals surface area contributed by atoms with Gasteiger partial charge in [0.05, 0.1) is 4.88 Å². The van der Waals surface area contributed by atoms with Crippen molar-refractivity contribution in [2.75, 3.05) is 6.54 Å². The van der Waals surface area contributed by atoms with Crippen LogP contribution in [0.25, 0.3) is 21.9 Å². The molecule has 5 rings (SSSR count). The Hall–Kier alpha value is -3.68. The third-order valence-corrected chi connectivity index (χ3v) is 7.41. The number of benzene rings is 4. The van der Waals surface area contributed by atoms with Gasteiger partial charge in [0.15, 0.2) is 0 Å². The number of carbonyl (C=O) groups excluding carboxylic acids is 1. The van der Waals surface area contributed by atoms with E-state index < -0.39 is 0 Å². The maximum atomic E-state index is 12.7. The van der Waals surface area contributed by atoms with Crippen molar-refractivity contribution in [2.24, 2.45) is 0 Å². The molecule has 0 aliphatic rings. The van der Waals surface area contributed by atoms with Crippen molar-refractivity contribution in [1.29, 1.82) is 0 Å². The quantitative estimate of drug-likeness (QED) is 0.219. The first-order chi connectivity index (χ1) is 17.4. The zero-order valence-electron chi connectivity index (χ0n) is 19.3. The van der Waals surface area contributed by atoms with E-state index in [2.05, 4.69) is 44.4 Å². The van der Waals surface area contributed by atoms with Gasteiger partial charge in [0.1, 0.15) is 0 Å². The Kier molecular flexibility index (Phi) is 7.02. The number of nitrogens with one attached hydrogen (secondary N) is 2. The molecule has 0 saturated heterocycles. The Balaban J connectivity index is 1.20. The van der Waals surface area contributed by atoms with Crippen LogP contribution < -0.4 is 10.2 Å². The fourth-order valence-corrected chi connectivity index (χ4v) is 5.30. The second-order valence-corrected chi connectivity index (χ2v) is 10.6. The van der Waals surface area contributed by atoms with Crippen molar-refractivity contribution >= 4 is 43.9 Å². The number of amides is 1. The van der Waals surface area contributed by atoms with E-state index in [4.69, 9.17) is 0 Å². The van der Waals surface area contributed by atoms with Gasteiger partial charge in [-0.25, -0.2) is 0 Å². The van der Waals surface area contributed by atoms with Crippen LogP contribution in [-0.4, -0.2) is 22.5 Å². The molecule has 1 aromatic heterocycles. The standard InChI is InChI=1S/C29H23BrN2O3S/c30-25-11-10-22-16-24(9-8-23(22)17-25)27(33)31-13-12-18-2-1-3-21(14-18)20-6-4-19(5-7-20)15-26-28(34)32-29(35)36-26/h1-11,14,16-17,34H,12-13,15H2,(H,31,33)(H,32,35). The second kappa shape index (κ2) is 10.5. The summed E-state index contributed by atoms with van der Waals surface area (Å²) in [5, 5.41) is 15.0. The van der Waals surface area contributed by atoms with Crippen molar-refractivity contribution in [3.8, 4) is 17.0 Å². The average Bonchev–Trinajstić information content (AvgIpc) is 3.20. The highest BCUT2D eigenvalue weighted by Crippen LogP contribution is 2.25. The SMILES string of the molecule is O=C(NCCc1cccc(-c2ccc(Cc3sc(=O)[nH]c3O)cc2)c1)c1ccc2cc(Br)ccc2c1. The van der Waals surface area contributed by atoms with Crippen molar-refractivity contribution in [3.05, 3.63) is 121 Å². The van der Waals surface area contributed by atoms with Crippen LogP contribution in [0.1, 0.15) is 26.4 Å². The van der Waals surface area contributed by atoms with E-state index in [1.54, 1.807) is 0 Å². The van der Waals surface area contributed by atoms with Crippen LogP contribution in [0.5, 0.6) is 5.88 Å². The number of hydrogen-bond acceptors (Lipinski definition) is 4. The van der Waals surface area contributed by atoms with Gasteiger partial charge in [0.25, 0.3) is 5.91 Å². The molecule has 0 spiro atoms. The molecule has 7 heteroatoms. The lowest BCUT2D eigenvalue weighted by Crippen LogP contribution is -2.25. The summed E-state index contributed by atoms with van der Waals surface area (Å²) in [7, 11) is 0. The summed E-state index contributed by atoms with van der Waals surface area (Å²) in [6.45, 7) is 0.544. The summed E-state index contributed by atoms with van der Waals surface area (Å²) >= 11 is 4.50. The lowest BCUT2D eigenvalue weighted by atomic mass is 10.00. The largest absolute Gasteiger partial charge is 0.494 e. The van der Waals surface area contributed by atoms with Gasteiger partial charge < -0.3 is 10.4 Å². The van der Waals surface area contributed by atoms with E-state index in [0.29, 0.717) is 23.4 Å². The molecule has 0 bridgehead atoms. The minimum Gasteiger partial charge on any atom is -0.494 e. The smallest absolute Gasteiger partial charge is 0.307 e. The van der Waals surface area contributed by atoms with Crippen LogP contribution in [0.3, 0.4) is 0 Å². The predicted molar refractivity (Wildman–Crippen MR) is 149 cm³/mol. The van der Waals surface area contributed by atoms with Crippen LogP contribution in [0, 0.1) is 0 Å². The molecular weight excluding hydrogens is 536 g/mol. The maximum Gasteiger partial charge on any atom is 0.307 e. The highest BCUT2D eigenvalue weighted by atomic mass is 79.9. The molecule has 0 aliphatic heterocycles. The van der Waals surface area contributed by atoms with E-state index >= 15 is 0 Å². The lowest BCUT2D eigenvalue weighted by Gasteiger charge is -2.09. The van der Waals surface area contributed by atoms with Gasteiger partial charge in [-0.1, -0.05) is 87.9 Å². The summed E-state index contributed by atoms with van der Waals surface area (Å²) in [5.41, 5.74) is 4.99. The average molecular weight is 559 g/mol. The topological polar surface area (TPSA) is 82.2 Å². The molecule has 180 valence electrons. The molecule has 0 radical (unpaired) electrons. The predicted octanol–water partition coefficient (Wildman–Crippen LogP) is 6.29. The minimum absolute atomic E-state index is 0.0530. The van der Waals surface area contributed by atoms with Gasteiger partial charge in [-0.2, -0.15) is 0 Å². The van der Waals surface area contributed by atoms with Crippen molar-refractivity contribution < 1.29 is 9.90 Å². The highest BCUT2D eigenvalue weighted by molar-refractivity contribution is 9.10. The molecule has 3 N–H and O–H groups in total. The molecule has 4 aromatic carbocycles. The van der Waals surface area contributed by atoms with Crippen LogP contribution in [0.4, 0.5) is 0 Å². The third kappa shape index (κ3) is 5.58. The van der Waals surface area contributed by atoms with Crippen LogP contribution >= 0.6 is 27.3 Å². The van der Waals surface area contributed by atoms with E-state index in [0.717, 1.165) is 55.3 Å². The number of aromatic amines is 1. The molecule has 0 saturated carbocycles. The number of fused-ring (bicyclic) bond motifs is 1. The van der Waals surface area contributed by atoms with E-state index in [9.17, 15) is 14.7 Å². The number of aromatic hydroxyl groups is 1. The zero-order valence-corrected chi connectivity index (χ0v) is 21.7. The fourth-order valence-electron chi connectivity index (χ4n) is 4.16. The van der Waals surface area contributed by atoms with Gasteiger partial charge in [0.2, 0.25) is 5.88 Å². The first kappa shape index (κ1) is 24.0. The first-order valence-electron chi connectivity index (χ1n) is 11.5. The number of aromatic nitrogens is 1. The van der Waals surface area contributed by atoms with Crippen molar-refractivity contribution in [3.63, 3.8) is 0 Å². The van der Waals surface area contributed by atoms with Gasteiger partial charge in [0, 0.05) is 23.0 Å². The Morgan fingerprint density at radius 3 is 2.44 bits per heavy atom. The van der Waals surface area contributed by atoms with Gasteiger partial charge in [-0.05, 0) is 63.7 Å². The Labute approximate surface area is 220 Å². The maximum absolute atomic E-state index is 12.7. The summed E-state index contributed by atoms with van der Waals surface area (Å²) in [6.07, 6.45) is 1.23. The highest BCUT2D eigenvalue weighted by Gasteiger charge is 2.09. The van der Waals surface area contributed by atoms with E-state index in [1.165, 1.54) is 0 Å². The number of H-pyrrole nitrogens is 1. The second-order valence-electron chi connectivity index (χ2n) is 8.57. The van der Waals surface area contributed by atoms with Gasteiger partial charge >= 0.3 is 4.87 Å². The van der Waals surface area contributed by atoms with E-state index in [-0.39, 0.29) is 16.7 Å². The number of hydrogen-bond donors (Lipinski definition) is 3. The van der Waals surface area contributed by atoms with Crippen LogP contribution in [0.2, 0.25) is 0 Å². The Morgan fingerprint density at radius 2 is 1.67 bits per heavy atom. The number of carbonyl (C=O) groups is 1. The molecule has 0 atom stereocenters. The Bertz CT molecular complexity index is 1610. The molecule has 0 unspecified atom stereocenters. The van der Waals surface area contributed by atoms with Crippen LogP contribution in [0.15, 0.2) is 94.2 Å². The summed E-state index contributed by atoms with van der Waals surface area (Å²) in [5.74, 6) is -0.132. The molecule has 36 heavy (non-hydrogen) atoms. The Morgan fingerprint density at radius 1 is 0.889 bits per heavy atom. The zero-order chi connectivity index (χ0) is 25.1.